The zero-order valence-electron chi connectivity index (χ0n) is 10.8. The van der Waals surface area contributed by atoms with Crippen molar-refractivity contribution in [3.8, 4) is 0 Å². The molecule has 2 aliphatic carbocycles. The number of hydrogen-bond acceptors (Lipinski definition) is 3. The predicted molar refractivity (Wildman–Crippen MR) is 67.7 cm³/mol. The van der Waals surface area contributed by atoms with Crippen LogP contribution in [0, 0.1) is 17.3 Å². The van der Waals surface area contributed by atoms with Crippen LogP contribution in [0.1, 0.15) is 32.6 Å². The van der Waals surface area contributed by atoms with Gasteiger partial charge in [-0.15, -0.1) is 0 Å². The van der Waals surface area contributed by atoms with Crippen molar-refractivity contribution in [3.05, 3.63) is 24.3 Å². The summed E-state index contributed by atoms with van der Waals surface area (Å²) in [6.07, 6.45) is 2.93. The molecule has 0 aromatic carbocycles. The molecule has 0 unspecified atom stereocenters. The van der Waals surface area contributed by atoms with Crippen LogP contribution in [0.2, 0.25) is 0 Å². The van der Waals surface area contributed by atoms with Crippen molar-refractivity contribution in [1.82, 2.24) is 0 Å². The topological polar surface area (TPSA) is 46.5 Å². The van der Waals surface area contributed by atoms with Crippen LogP contribution >= 0.6 is 0 Å². The van der Waals surface area contributed by atoms with Crippen LogP contribution in [-0.2, 0) is 9.53 Å². The molecular formula is C15H20O3. The molecule has 3 aliphatic rings. The molecule has 0 amide bonds. The van der Waals surface area contributed by atoms with Crippen LogP contribution in [-0.4, -0.2) is 23.3 Å². The molecule has 0 spiro atoms. The number of fused-ring (bicyclic) bond motifs is 3. The van der Waals surface area contributed by atoms with Crippen LogP contribution in [0.5, 0.6) is 0 Å². The van der Waals surface area contributed by atoms with Crippen molar-refractivity contribution in [1.29, 1.82) is 0 Å². The molecule has 5 atom stereocenters. The smallest absolute Gasteiger partial charge is 0.334 e. The van der Waals surface area contributed by atoms with E-state index in [0.29, 0.717) is 5.57 Å². The van der Waals surface area contributed by atoms with Gasteiger partial charge >= 0.3 is 5.97 Å². The van der Waals surface area contributed by atoms with Gasteiger partial charge in [-0.25, -0.2) is 4.79 Å². The Hall–Kier alpha value is -1.09. The lowest BCUT2D eigenvalue weighted by Gasteiger charge is -2.52. The zero-order chi connectivity index (χ0) is 13.1. The largest absolute Gasteiger partial charge is 0.458 e. The van der Waals surface area contributed by atoms with Gasteiger partial charge in [0.25, 0.3) is 0 Å². The molecule has 3 nitrogen and oxygen atoms in total. The van der Waals surface area contributed by atoms with E-state index in [0.717, 1.165) is 31.3 Å². The van der Waals surface area contributed by atoms with Gasteiger partial charge in [-0.3, -0.25) is 0 Å². The Kier molecular flexibility index (Phi) is 2.46. The second kappa shape index (κ2) is 3.70. The van der Waals surface area contributed by atoms with Crippen molar-refractivity contribution in [2.24, 2.45) is 17.3 Å². The van der Waals surface area contributed by atoms with E-state index in [4.69, 9.17) is 4.74 Å². The summed E-state index contributed by atoms with van der Waals surface area (Å²) in [5.41, 5.74) is 1.54. The average molecular weight is 248 g/mol. The summed E-state index contributed by atoms with van der Waals surface area (Å²) in [4.78, 5) is 11.7. The molecule has 1 heterocycles. The third-order valence-corrected chi connectivity index (χ3v) is 5.32. The van der Waals surface area contributed by atoms with Crippen LogP contribution in [0.15, 0.2) is 24.3 Å². The normalized spacial score (nSPS) is 47.6. The predicted octanol–water partition coefficient (Wildman–Crippen LogP) is 2.21. The highest BCUT2D eigenvalue weighted by atomic mass is 16.6. The van der Waals surface area contributed by atoms with E-state index < -0.39 is 0 Å². The molecule has 18 heavy (non-hydrogen) atoms. The second-order valence-corrected chi connectivity index (χ2v) is 6.24. The molecule has 0 aromatic heterocycles. The van der Waals surface area contributed by atoms with Crippen LogP contribution in [0.3, 0.4) is 0 Å². The molecule has 0 bridgehead atoms. The Bertz CT molecular complexity index is 439. The van der Waals surface area contributed by atoms with E-state index in [9.17, 15) is 9.90 Å². The van der Waals surface area contributed by atoms with Gasteiger partial charge in [0.2, 0.25) is 0 Å². The van der Waals surface area contributed by atoms with Crippen molar-refractivity contribution < 1.29 is 14.6 Å². The first-order valence-corrected chi connectivity index (χ1v) is 6.70. The molecule has 3 heteroatoms. The first-order valence-electron chi connectivity index (χ1n) is 6.70. The SMILES string of the molecule is C=C1C(=O)O[C@@H]2[C@@H]1CC[C@]1(C)[C@@H](O)CCC(=C)[C@@H]21. The fourth-order valence-corrected chi connectivity index (χ4v) is 4.15. The van der Waals surface area contributed by atoms with E-state index in [1.54, 1.807) is 0 Å². The maximum atomic E-state index is 11.7. The highest BCUT2D eigenvalue weighted by molar-refractivity contribution is 5.91. The average Bonchev–Trinajstić information content (AvgIpc) is 2.60. The molecule has 1 N–H and O–H groups in total. The number of aliphatic hydroxyl groups is 1. The van der Waals surface area contributed by atoms with Gasteiger partial charge in [0.1, 0.15) is 6.10 Å². The van der Waals surface area contributed by atoms with Crippen molar-refractivity contribution in [3.63, 3.8) is 0 Å². The molecule has 1 saturated heterocycles. The van der Waals surface area contributed by atoms with Gasteiger partial charge in [0.15, 0.2) is 0 Å². The van der Waals surface area contributed by atoms with Gasteiger partial charge in [0, 0.05) is 22.8 Å². The third kappa shape index (κ3) is 1.37. The molecular weight excluding hydrogens is 228 g/mol. The molecule has 1 aliphatic heterocycles. The molecule has 3 rings (SSSR count). The van der Waals surface area contributed by atoms with Gasteiger partial charge < -0.3 is 9.84 Å². The Balaban J connectivity index is 2.00. The number of rotatable bonds is 0. The zero-order valence-corrected chi connectivity index (χ0v) is 10.8. The fourth-order valence-electron chi connectivity index (χ4n) is 4.15. The molecule has 2 saturated carbocycles. The summed E-state index contributed by atoms with van der Waals surface area (Å²) in [6, 6.07) is 0. The van der Waals surface area contributed by atoms with Crippen LogP contribution in [0.25, 0.3) is 0 Å². The van der Waals surface area contributed by atoms with Crippen LogP contribution < -0.4 is 0 Å². The number of carbonyl (C=O) groups excluding carboxylic acids is 1. The van der Waals surface area contributed by atoms with Gasteiger partial charge in [-0.05, 0) is 25.7 Å². The lowest BCUT2D eigenvalue weighted by molar-refractivity contribution is -0.150. The van der Waals surface area contributed by atoms with E-state index in [1.165, 1.54) is 0 Å². The van der Waals surface area contributed by atoms with E-state index in [-0.39, 0.29) is 35.4 Å². The van der Waals surface area contributed by atoms with E-state index in [1.807, 2.05) is 0 Å². The Morgan fingerprint density at radius 2 is 2.11 bits per heavy atom. The standard InChI is InChI=1S/C15H20O3/c1-8-4-5-11(16)15(3)7-6-10-9(2)14(17)18-13(10)12(8)15/h10-13,16H,1-2,4-7H2,3H3/t10-,11+,12+,13-,15-/m1/s1. The summed E-state index contributed by atoms with van der Waals surface area (Å²) in [7, 11) is 0. The maximum absolute atomic E-state index is 11.7. The Morgan fingerprint density at radius 3 is 2.83 bits per heavy atom. The lowest BCUT2D eigenvalue weighted by atomic mass is 9.54. The van der Waals surface area contributed by atoms with E-state index in [2.05, 4.69) is 20.1 Å². The first kappa shape index (κ1) is 12.0. The summed E-state index contributed by atoms with van der Waals surface area (Å²) in [5.74, 6) is -0.0528. The summed E-state index contributed by atoms with van der Waals surface area (Å²) >= 11 is 0. The Labute approximate surface area is 108 Å². The fraction of sp³-hybridized carbons (Fsp3) is 0.667. The van der Waals surface area contributed by atoms with Gasteiger partial charge in [0.05, 0.1) is 6.10 Å². The number of ether oxygens (including phenoxy) is 1. The monoisotopic (exact) mass is 248 g/mol. The summed E-state index contributed by atoms with van der Waals surface area (Å²) in [6.45, 7) is 10.1. The van der Waals surface area contributed by atoms with Crippen molar-refractivity contribution in [2.75, 3.05) is 0 Å². The second-order valence-electron chi connectivity index (χ2n) is 6.24. The highest BCUT2D eigenvalue weighted by Gasteiger charge is 2.57. The van der Waals surface area contributed by atoms with Crippen LogP contribution in [0.4, 0.5) is 0 Å². The quantitative estimate of drug-likeness (QED) is 0.406. The number of hydrogen-bond donors (Lipinski definition) is 1. The highest BCUT2D eigenvalue weighted by Crippen LogP contribution is 2.57. The van der Waals surface area contributed by atoms with Gasteiger partial charge in [-0.2, -0.15) is 0 Å². The minimum atomic E-state index is -0.318. The minimum absolute atomic E-state index is 0.0863. The molecule has 0 radical (unpaired) electrons. The van der Waals surface area contributed by atoms with Crippen molar-refractivity contribution in [2.45, 2.75) is 44.8 Å². The molecule has 98 valence electrons. The molecule has 0 aromatic rings. The minimum Gasteiger partial charge on any atom is -0.458 e. The first-order chi connectivity index (χ1) is 8.45. The van der Waals surface area contributed by atoms with Crippen molar-refractivity contribution >= 4 is 5.97 Å². The summed E-state index contributed by atoms with van der Waals surface area (Å²) in [5, 5.41) is 10.3. The van der Waals surface area contributed by atoms with E-state index >= 15 is 0 Å². The third-order valence-electron chi connectivity index (χ3n) is 5.32. The number of esters is 1. The lowest BCUT2D eigenvalue weighted by Crippen LogP contribution is -2.53. The molecule has 3 fully saturated rings. The summed E-state index contributed by atoms with van der Waals surface area (Å²) < 4.78 is 5.52. The maximum Gasteiger partial charge on any atom is 0.334 e. The Morgan fingerprint density at radius 1 is 1.39 bits per heavy atom. The number of aliphatic hydroxyl groups excluding tert-OH is 1. The number of carbonyl (C=O) groups is 1. The van der Waals surface area contributed by atoms with Gasteiger partial charge in [-0.1, -0.05) is 25.7 Å².